The summed E-state index contributed by atoms with van der Waals surface area (Å²) in [6, 6.07) is 26.1. The van der Waals surface area contributed by atoms with Gasteiger partial charge in [-0.15, -0.1) is 0 Å². The Hall–Kier alpha value is -3.44. The monoisotopic (exact) mass is 375 g/mol. The molecule has 0 aliphatic carbocycles. The number of carbonyl (C=O) groups is 2. The van der Waals surface area contributed by atoms with Gasteiger partial charge in [-0.2, -0.15) is 0 Å². The Morgan fingerprint density at radius 1 is 0.821 bits per heavy atom. The van der Waals surface area contributed by atoms with Crippen molar-refractivity contribution in [2.24, 2.45) is 0 Å². The zero-order chi connectivity index (χ0) is 20.0. The van der Waals surface area contributed by atoms with Crippen LogP contribution in [0.4, 0.5) is 5.69 Å². The quantitative estimate of drug-likeness (QED) is 0.672. The molecule has 28 heavy (non-hydrogen) atoms. The molecule has 0 unspecified atom stereocenters. The van der Waals surface area contributed by atoms with Crippen LogP contribution in [0, 0.1) is 0 Å². The van der Waals surface area contributed by atoms with Crippen LogP contribution in [0.1, 0.15) is 11.1 Å². The van der Waals surface area contributed by atoms with Crippen molar-refractivity contribution in [3.05, 3.63) is 102 Å². The summed E-state index contributed by atoms with van der Waals surface area (Å²) in [5.41, 5.74) is -0.580. The number of benzene rings is 3. The Labute approximate surface area is 163 Å². The molecule has 0 aliphatic rings. The molecule has 0 radical (unpaired) electrons. The van der Waals surface area contributed by atoms with Crippen molar-refractivity contribution in [3.8, 4) is 0 Å². The van der Waals surface area contributed by atoms with Gasteiger partial charge in [0.15, 0.2) is 6.61 Å². The van der Waals surface area contributed by atoms with Crippen LogP contribution in [0.15, 0.2) is 91.0 Å². The number of hydrogen-bond acceptors (Lipinski definition) is 4. The van der Waals surface area contributed by atoms with Crippen LogP contribution in [0.2, 0.25) is 0 Å². The molecule has 3 aromatic carbocycles. The highest BCUT2D eigenvalue weighted by Gasteiger charge is 2.41. The predicted molar refractivity (Wildman–Crippen MR) is 107 cm³/mol. The normalized spacial score (nSPS) is 10.9. The van der Waals surface area contributed by atoms with E-state index in [1.807, 2.05) is 18.2 Å². The van der Waals surface area contributed by atoms with Gasteiger partial charge in [0.25, 0.3) is 5.91 Å². The Bertz CT molecular complexity index is 887. The second-order valence-corrected chi connectivity index (χ2v) is 6.31. The minimum atomic E-state index is -2.01. The number of likely N-dealkylation sites (N-methyl/N-ethyl adjacent to an activating group) is 1. The van der Waals surface area contributed by atoms with Crippen molar-refractivity contribution in [3.63, 3.8) is 0 Å². The number of para-hydroxylation sites is 1. The van der Waals surface area contributed by atoms with E-state index in [9.17, 15) is 14.7 Å². The van der Waals surface area contributed by atoms with Crippen LogP contribution in [0.25, 0.3) is 0 Å². The van der Waals surface area contributed by atoms with Crippen LogP contribution < -0.4 is 4.90 Å². The van der Waals surface area contributed by atoms with E-state index in [4.69, 9.17) is 4.74 Å². The summed E-state index contributed by atoms with van der Waals surface area (Å²) in [6.07, 6.45) is 0. The summed E-state index contributed by atoms with van der Waals surface area (Å²) in [4.78, 5) is 26.7. The molecule has 0 saturated carbocycles. The number of ether oxygens (including phenoxy) is 1. The lowest BCUT2D eigenvalue weighted by atomic mass is 9.86. The molecule has 0 heterocycles. The first kappa shape index (κ1) is 19.3. The Kier molecular flexibility index (Phi) is 5.87. The lowest BCUT2D eigenvalue weighted by Crippen LogP contribution is -2.41. The van der Waals surface area contributed by atoms with E-state index in [1.165, 1.54) is 4.90 Å². The zero-order valence-corrected chi connectivity index (χ0v) is 15.5. The topological polar surface area (TPSA) is 66.8 Å². The molecule has 142 valence electrons. The molecule has 5 nitrogen and oxygen atoms in total. The van der Waals surface area contributed by atoms with Crippen molar-refractivity contribution in [2.45, 2.75) is 5.60 Å². The Balaban J connectivity index is 1.80. The van der Waals surface area contributed by atoms with E-state index in [-0.39, 0.29) is 0 Å². The molecule has 1 amide bonds. The SMILES string of the molecule is CN(C(=O)COC(=O)C(O)(c1ccccc1)c1ccccc1)c1ccccc1. The maximum absolute atomic E-state index is 12.9. The molecular formula is C23H21NO4. The van der Waals surface area contributed by atoms with Crippen LogP contribution >= 0.6 is 0 Å². The van der Waals surface area contributed by atoms with Gasteiger partial charge in [-0.1, -0.05) is 78.9 Å². The molecule has 3 aromatic rings. The van der Waals surface area contributed by atoms with E-state index in [1.54, 1.807) is 79.8 Å². The highest BCUT2D eigenvalue weighted by Crippen LogP contribution is 2.31. The molecular weight excluding hydrogens is 354 g/mol. The predicted octanol–water partition coefficient (Wildman–Crippen LogP) is 3.13. The minimum absolute atomic E-state index is 0.370. The van der Waals surface area contributed by atoms with Gasteiger partial charge in [0.05, 0.1) is 0 Å². The van der Waals surface area contributed by atoms with Crippen molar-refractivity contribution in [1.82, 2.24) is 0 Å². The number of rotatable bonds is 6. The molecule has 0 spiro atoms. The van der Waals surface area contributed by atoms with Gasteiger partial charge in [-0.05, 0) is 23.3 Å². The van der Waals surface area contributed by atoms with E-state index in [0.717, 1.165) is 0 Å². The number of aliphatic hydroxyl groups is 1. The number of esters is 1. The molecule has 3 rings (SSSR count). The zero-order valence-electron chi connectivity index (χ0n) is 15.5. The molecule has 5 heteroatoms. The number of nitrogens with zero attached hydrogens (tertiary/aromatic N) is 1. The molecule has 0 fully saturated rings. The summed E-state index contributed by atoms with van der Waals surface area (Å²) >= 11 is 0. The average molecular weight is 375 g/mol. The molecule has 1 N–H and O–H groups in total. The van der Waals surface area contributed by atoms with Gasteiger partial charge in [0, 0.05) is 12.7 Å². The van der Waals surface area contributed by atoms with Gasteiger partial charge in [-0.25, -0.2) is 4.79 Å². The Morgan fingerprint density at radius 2 is 1.25 bits per heavy atom. The first-order chi connectivity index (χ1) is 13.5. The fourth-order valence-corrected chi connectivity index (χ4v) is 2.89. The molecule has 0 aromatic heterocycles. The van der Waals surface area contributed by atoms with E-state index >= 15 is 0 Å². The van der Waals surface area contributed by atoms with Crippen molar-refractivity contribution in [2.75, 3.05) is 18.6 Å². The third kappa shape index (κ3) is 3.94. The standard InChI is InChI=1S/C23H21NO4/c1-24(20-15-9-4-10-16-20)21(25)17-28-22(26)23(27,18-11-5-2-6-12-18)19-13-7-3-8-14-19/h2-16,27H,17H2,1H3. The summed E-state index contributed by atoms with van der Waals surface area (Å²) in [7, 11) is 1.60. The van der Waals surface area contributed by atoms with Gasteiger partial charge in [0.1, 0.15) is 0 Å². The summed E-state index contributed by atoms with van der Waals surface area (Å²) in [5.74, 6) is -1.30. The van der Waals surface area contributed by atoms with Gasteiger partial charge in [-0.3, -0.25) is 4.79 Å². The van der Waals surface area contributed by atoms with Crippen LogP contribution in [-0.4, -0.2) is 30.6 Å². The van der Waals surface area contributed by atoms with Gasteiger partial charge < -0.3 is 14.7 Å². The fourth-order valence-electron chi connectivity index (χ4n) is 2.89. The molecule has 0 aliphatic heterocycles. The maximum atomic E-state index is 12.9. The lowest BCUT2D eigenvalue weighted by molar-refractivity contribution is -0.164. The third-order valence-corrected chi connectivity index (χ3v) is 4.52. The van der Waals surface area contributed by atoms with E-state index in [2.05, 4.69) is 0 Å². The second-order valence-electron chi connectivity index (χ2n) is 6.31. The summed E-state index contributed by atoms with van der Waals surface area (Å²) < 4.78 is 5.24. The largest absolute Gasteiger partial charge is 0.453 e. The van der Waals surface area contributed by atoms with E-state index < -0.39 is 24.1 Å². The van der Waals surface area contributed by atoms with Crippen LogP contribution in [-0.2, 0) is 19.9 Å². The van der Waals surface area contributed by atoms with Crippen LogP contribution in [0.5, 0.6) is 0 Å². The van der Waals surface area contributed by atoms with Gasteiger partial charge in [0.2, 0.25) is 5.60 Å². The number of carbonyl (C=O) groups excluding carboxylic acids is 2. The first-order valence-electron chi connectivity index (χ1n) is 8.85. The van der Waals surface area contributed by atoms with Crippen molar-refractivity contribution >= 4 is 17.6 Å². The molecule has 0 bridgehead atoms. The number of hydrogen-bond donors (Lipinski definition) is 1. The minimum Gasteiger partial charge on any atom is -0.453 e. The highest BCUT2D eigenvalue weighted by atomic mass is 16.6. The van der Waals surface area contributed by atoms with Crippen LogP contribution in [0.3, 0.4) is 0 Å². The molecule has 0 atom stereocenters. The maximum Gasteiger partial charge on any atom is 0.348 e. The van der Waals surface area contributed by atoms with Crippen molar-refractivity contribution < 1.29 is 19.4 Å². The Morgan fingerprint density at radius 3 is 1.71 bits per heavy atom. The van der Waals surface area contributed by atoms with Crippen molar-refractivity contribution in [1.29, 1.82) is 0 Å². The molecule has 0 saturated heterocycles. The number of amides is 1. The smallest absolute Gasteiger partial charge is 0.348 e. The summed E-state index contributed by atoms with van der Waals surface area (Å²) in [5, 5.41) is 11.3. The average Bonchev–Trinajstić information content (AvgIpc) is 2.77. The summed E-state index contributed by atoms with van der Waals surface area (Å²) in [6.45, 7) is -0.480. The number of anilines is 1. The first-order valence-corrected chi connectivity index (χ1v) is 8.85. The lowest BCUT2D eigenvalue weighted by Gasteiger charge is -2.27. The highest BCUT2D eigenvalue weighted by molar-refractivity contribution is 5.95. The third-order valence-electron chi connectivity index (χ3n) is 4.52. The van der Waals surface area contributed by atoms with E-state index in [0.29, 0.717) is 16.8 Å². The fraction of sp³-hybridized carbons (Fsp3) is 0.130. The second kappa shape index (κ2) is 8.50. The van der Waals surface area contributed by atoms with Gasteiger partial charge >= 0.3 is 5.97 Å².